The molecular formula is C17H26N2. The summed E-state index contributed by atoms with van der Waals surface area (Å²) in [6.45, 7) is 5.72. The maximum atomic E-state index is 6.02. The fraction of sp³-hybridized carbons (Fsp3) is 0.647. The second-order valence-electron chi connectivity index (χ2n) is 6.45. The summed E-state index contributed by atoms with van der Waals surface area (Å²) >= 11 is 0. The van der Waals surface area contributed by atoms with Crippen LogP contribution in [0.15, 0.2) is 24.3 Å². The monoisotopic (exact) mass is 258 g/mol. The summed E-state index contributed by atoms with van der Waals surface area (Å²) in [4.78, 5) is 2.61. The molecule has 19 heavy (non-hydrogen) atoms. The van der Waals surface area contributed by atoms with Gasteiger partial charge in [0.05, 0.1) is 0 Å². The number of hydrogen-bond acceptors (Lipinski definition) is 2. The molecule has 1 heterocycles. The minimum absolute atomic E-state index is 0.362. The Hall–Kier alpha value is -0.860. The van der Waals surface area contributed by atoms with Gasteiger partial charge in [0.25, 0.3) is 0 Å². The highest BCUT2D eigenvalue weighted by atomic mass is 15.1. The van der Waals surface area contributed by atoms with Crippen LogP contribution >= 0.6 is 0 Å². The van der Waals surface area contributed by atoms with Gasteiger partial charge in [-0.2, -0.15) is 0 Å². The molecule has 0 bridgehead atoms. The molecule has 2 nitrogen and oxygen atoms in total. The minimum atomic E-state index is 0.362. The zero-order valence-corrected chi connectivity index (χ0v) is 12.0. The van der Waals surface area contributed by atoms with Crippen molar-refractivity contribution >= 4 is 0 Å². The Bertz CT molecular complexity index is 415. The summed E-state index contributed by atoms with van der Waals surface area (Å²) in [5.41, 5.74) is 9.19. The van der Waals surface area contributed by atoms with Gasteiger partial charge in [0.2, 0.25) is 0 Å². The first-order chi connectivity index (χ1) is 9.24. The largest absolute Gasteiger partial charge is 0.328 e. The molecule has 2 heteroatoms. The van der Waals surface area contributed by atoms with Crippen molar-refractivity contribution in [2.45, 2.75) is 51.1 Å². The summed E-state index contributed by atoms with van der Waals surface area (Å²) in [6.07, 6.45) is 5.32. The van der Waals surface area contributed by atoms with Crippen molar-refractivity contribution in [3.63, 3.8) is 0 Å². The van der Waals surface area contributed by atoms with Crippen molar-refractivity contribution in [3.8, 4) is 0 Å². The lowest BCUT2D eigenvalue weighted by Gasteiger charge is -2.34. The van der Waals surface area contributed by atoms with Gasteiger partial charge >= 0.3 is 0 Å². The van der Waals surface area contributed by atoms with Crippen LogP contribution in [0.5, 0.6) is 0 Å². The molecule has 3 rings (SSSR count). The zero-order chi connectivity index (χ0) is 13.2. The summed E-state index contributed by atoms with van der Waals surface area (Å²) in [5, 5.41) is 0. The van der Waals surface area contributed by atoms with Crippen molar-refractivity contribution in [2.75, 3.05) is 13.1 Å². The Morgan fingerprint density at radius 3 is 2.47 bits per heavy atom. The van der Waals surface area contributed by atoms with Crippen molar-refractivity contribution < 1.29 is 0 Å². The first-order valence-electron chi connectivity index (χ1n) is 7.80. The highest BCUT2D eigenvalue weighted by molar-refractivity contribution is 5.33. The van der Waals surface area contributed by atoms with E-state index in [9.17, 15) is 0 Å². The molecule has 1 atom stereocenters. The van der Waals surface area contributed by atoms with E-state index < -0.39 is 0 Å². The Morgan fingerprint density at radius 2 is 1.84 bits per heavy atom. The van der Waals surface area contributed by atoms with Gasteiger partial charge in [-0.1, -0.05) is 24.3 Å². The van der Waals surface area contributed by atoms with E-state index in [1.165, 1.54) is 38.8 Å². The molecule has 1 aromatic rings. The standard InChI is InChI=1S/C17H26N2/c1-13(18)14-8-10-19(11-9-14)12-16-4-2-3-5-17(16)15-6-7-15/h2-5,13-15H,6-12,18H2,1H3. The van der Waals surface area contributed by atoms with Gasteiger partial charge < -0.3 is 5.73 Å². The van der Waals surface area contributed by atoms with Crippen LogP contribution in [-0.2, 0) is 6.54 Å². The molecular weight excluding hydrogens is 232 g/mol. The lowest BCUT2D eigenvalue weighted by atomic mass is 9.90. The normalized spacial score (nSPS) is 23.5. The van der Waals surface area contributed by atoms with Gasteiger partial charge in [0, 0.05) is 12.6 Å². The van der Waals surface area contributed by atoms with Gasteiger partial charge in [-0.15, -0.1) is 0 Å². The average molecular weight is 258 g/mol. The van der Waals surface area contributed by atoms with Gasteiger partial charge in [-0.05, 0) is 68.7 Å². The third kappa shape index (κ3) is 3.18. The molecule has 0 spiro atoms. The van der Waals surface area contributed by atoms with Crippen LogP contribution in [0.4, 0.5) is 0 Å². The maximum Gasteiger partial charge on any atom is 0.0236 e. The number of piperidine rings is 1. The molecule has 2 aliphatic rings. The lowest BCUT2D eigenvalue weighted by Crippen LogP contribution is -2.39. The minimum Gasteiger partial charge on any atom is -0.328 e. The second-order valence-corrected chi connectivity index (χ2v) is 6.45. The van der Waals surface area contributed by atoms with Crippen LogP contribution in [0.25, 0.3) is 0 Å². The number of nitrogens with zero attached hydrogens (tertiary/aromatic N) is 1. The second kappa shape index (κ2) is 5.64. The van der Waals surface area contributed by atoms with E-state index in [1.54, 1.807) is 11.1 Å². The van der Waals surface area contributed by atoms with E-state index in [-0.39, 0.29) is 0 Å². The lowest BCUT2D eigenvalue weighted by molar-refractivity contribution is 0.165. The first-order valence-corrected chi connectivity index (χ1v) is 7.80. The number of hydrogen-bond donors (Lipinski definition) is 1. The number of rotatable bonds is 4. The van der Waals surface area contributed by atoms with E-state index in [2.05, 4.69) is 36.1 Å². The first kappa shape index (κ1) is 13.1. The van der Waals surface area contributed by atoms with E-state index in [0.29, 0.717) is 6.04 Å². The van der Waals surface area contributed by atoms with Crippen LogP contribution in [0.3, 0.4) is 0 Å². The van der Waals surface area contributed by atoms with Gasteiger partial charge in [-0.25, -0.2) is 0 Å². The molecule has 0 radical (unpaired) electrons. The SMILES string of the molecule is CC(N)C1CCN(Cc2ccccc2C2CC2)CC1. The molecule has 1 aliphatic carbocycles. The maximum absolute atomic E-state index is 6.02. The Labute approximate surface area is 117 Å². The molecule has 1 saturated heterocycles. The quantitative estimate of drug-likeness (QED) is 0.899. The highest BCUT2D eigenvalue weighted by Crippen LogP contribution is 2.41. The van der Waals surface area contributed by atoms with Gasteiger partial charge in [0.15, 0.2) is 0 Å². The van der Waals surface area contributed by atoms with Gasteiger partial charge in [-0.3, -0.25) is 4.90 Å². The predicted molar refractivity (Wildman–Crippen MR) is 80.1 cm³/mol. The zero-order valence-electron chi connectivity index (χ0n) is 12.0. The fourth-order valence-electron chi connectivity index (χ4n) is 3.35. The van der Waals surface area contributed by atoms with E-state index in [0.717, 1.165) is 18.4 Å². The summed E-state index contributed by atoms with van der Waals surface area (Å²) < 4.78 is 0. The van der Waals surface area contributed by atoms with Crippen molar-refractivity contribution in [3.05, 3.63) is 35.4 Å². The number of nitrogens with two attached hydrogens (primary N) is 1. The fourth-order valence-corrected chi connectivity index (χ4v) is 3.35. The predicted octanol–water partition coefficient (Wildman–Crippen LogP) is 3.12. The van der Waals surface area contributed by atoms with Gasteiger partial charge in [0.1, 0.15) is 0 Å². The van der Waals surface area contributed by atoms with E-state index >= 15 is 0 Å². The smallest absolute Gasteiger partial charge is 0.0236 e. The topological polar surface area (TPSA) is 29.3 Å². The molecule has 0 amide bonds. The van der Waals surface area contributed by atoms with Crippen molar-refractivity contribution in [2.24, 2.45) is 11.7 Å². The molecule has 2 N–H and O–H groups in total. The van der Waals surface area contributed by atoms with Crippen LogP contribution in [0, 0.1) is 5.92 Å². The molecule has 2 fully saturated rings. The average Bonchev–Trinajstić information content (AvgIpc) is 3.24. The summed E-state index contributed by atoms with van der Waals surface area (Å²) in [7, 11) is 0. The van der Waals surface area contributed by atoms with E-state index in [1.807, 2.05) is 0 Å². The van der Waals surface area contributed by atoms with Crippen molar-refractivity contribution in [1.29, 1.82) is 0 Å². The molecule has 1 aliphatic heterocycles. The molecule has 1 aromatic carbocycles. The summed E-state index contributed by atoms with van der Waals surface area (Å²) in [6, 6.07) is 9.41. The van der Waals surface area contributed by atoms with Crippen LogP contribution in [-0.4, -0.2) is 24.0 Å². The number of likely N-dealkylation sites (tertiary alicyclic amines) is 1. The Morgan fingerprint density at radius 1 is 1.16 bits per heavy atom. The van der Waals surface area contributed by atoms with Crippen molar-refractivity contribution in [1.82, 2.24) is 4.90 Å². The van der Waals surface area contributed by atoms with Crippen LogP contribution < -0.4 is 5.73 Å². The Balaban J connectivity index is 1.60. The van der Waals surface area contributed by atoms with Crippen LogP contribution in [0.2, 0.25) is 0 Å². The highest BCUT2D eigenvalue weighted by Gasteiger charge is 2.27. The third-order valence-electron chi connectivity index (χ3n) is 4.84. The molecule has 1 saturated carbocycles. The molecule has 104 valence electrons. The van der Waals surface area contributed by atoms with E-state index in [4.69, 9.17) is 5.73 Å². The van der Waals surface area contributed by atoms with Crippen LogP contribution in [0.1, 0.15) is 49.7 Å². The number of benzene rings is 1. The Kier molecular flexibility index (Phi) is 3.90. The molecule has 1 unspecified atom stereocenters. The summed E-state index contributed by atoms with van der Waals surface area (Å²) in [5.74, 6) is 1.59. The third-order valence-corrected chi connectivity index (χ3v) is 4.84. The molecule has 0 aromatic heterocycles.